The highest BCUT2D eigenvalue weighted by molar-refractivity contribution is 5.93. The first-order valence-corrected chi connectivity index (χ1v) is 4.50. The zero-order chi connectivity index (χ0) is 11.3. The summed E-state index contributed by atoms with van der Waals surface area (Å²) in [7, 11) is 0. The Labute approximate surface area is 88.3 Å². The van der Waals surface area contributed by atoms with Crippen molar-refractivity contribution in [3.63, 3.8) is 0 Å². The second-order valence-corrected chi connectivity index (χ2v) is 3.11. The molecule has 78 valence electrons. The van der Waals surface area contributed by atoms with Crippen molar-refractivity contribution in [1.29, 1.82) is 0 Å². The number of ketones is 1. The Bertz CT molecular complexity index is 412. The van der Waals surface area contributed by atoms with Gasteiger partial charge in [-0.25, -0.2) is 0 Å². The minimum Gasteiger partial charge on any atom is -0.344 e. The summed E-state index contributed by atoms with van der Waals surface area (Å²) in [5, 5.41) is 2.54. The molecule has 0 bridgehead atoms. The molecule has 1 amide bonds. The number of terminal acetylenes is 1. The van der Waals surface area contributed by atoms with Crippen LogP contribution in [0.2, 0.25) is 0 Å². The van der Waals surface area contributed by atoms with Crippen molar-refractivity contribution >= 4 is 11.7 Å². The number of nitrogens with zero attached hydrogens (tertiary/aromatic N) is 1. The van der Waals surface area contributed by atoms with Crippen molar-refractivity contribution in [2.45, 2.75) is 13.5 Å². The second-order valence-electron chi connectivity index (χ2n) is 3.11. The molecule has 0 aromatic carbocycles. The van der Waals surface area contributed by atoms with Gasteiger partial charge in [-0.3, -0.25) is 9.59 Å². The molecule has 0 radical (unpaired) electrons. The first-order chi connectivity index (χ1) is 7.13. The smallest absolute Gasteiger partial charge is 0.240 e. The fourth-order valence-corrected chi connectivity index (χ4v) is 1.12. The molecule has 1 N–H and O–H groups in total. The van der Waals surface area contributed by atoms with E-state index in [4.69, 9.17) is 6.42 Å². The largest absolute Gasteiger partial charge is 0.344 e. The van der Waals surface area contributed by atoms with Crippen LogP contribution in [0.1, 0.15) is 17.3 Å². The molecule has 0 fully saturated rings. The minimum atomic E-state index is -0.168. The van der Waals surface area contributed by atoms with Crippen molar-refractivity contribution in [3.05, 3.63) is 24.0 Å². The predicted octanol–water partition coefficient (Wildman–Crippen LogP) is 0.440. The Morgan fingerprint density at radius 2 is 2.33 bits per heavy atom. The van der Waals surface area contributed by atoms with Gasteiger partial charge in [-0.2, -0.15) is 0 Å². The van der Waals surface area contributed by atoms with Crippen LogP contribution in [0.25, 0.3) is 0 Å². The Hall–Kier alpha value is -2.02. The van der Waals surface area contributed by atoms with E-state index in [0.29, 0.717) is 5.56 Å². The molecular formula is C11H12N2O2. The maximum Gasteiger partial charge on any atom is 0.240 e. The maximum atomic E-state index is 11.2. The van der Waals surface area contributed by atoms with Gasteiger partial charge in [-0.15, -0.1) is 6.42 Å². The first-order valence-electron chi connectivity index (χ1n) is 4.50. The summed E-state index contributed by atoms with van der Waals surface area (Å²) >= 11 is 0. The van der Waals surface area contributed by atoms with Crippen LogP contribution in [0.15, 0.2) is 18.5 Å². The lowest BCUT2D eigenvalue weighted by Gasteiger charge is -2.02. The molecule has 1 aromatic heterocycles. The number of rotatable bonds is 4. The van der Waals surface area contributed by atoms with Crippen molar-refractivity contribution in [2.24, 2.45) is 0 Å². The summed E-state index contributed by atoms with van der Waals surface area (Å²) < 4.78 is 1.64. The quantitative estimate of drug-likeness (QED) is 0.571. The fraction of sp³-hybridized carbons (Fsp3) is 0.273. The van der Waals surface area contributed by atoms with Gasteiger partial charge in [0.05, 0.1) is 6.54 Å². The molecule has 0 saturated carbocycles. The summed E-state index contributed by atoms with van der Waals surface area (Å²) in [4.78, 5) is 22.2. The van der Waals surface area contributed by atoms with E-state index >= 15 is 0 Å². The number of amides is 1. The van der Waals surface area contributed by atoms with E-state index in [-0.39, 0.29) is 24.8 Å². The van der Waals surface area contributed by atoms with Gasteiger partial charge in [0.1, 0.15) is 6.54 Å². The molecule has 0 unspecified atom stereocenters. The van der Waals surface area contributed by atoms with Crippen LogP contribution in [0.5, 0.6) is 0 Å². The zero-order valence-electron chi connectivity index (χ0n) is 8.49. The molecule has 0 aliphatic heterocycles. The number of carbonyl (C=O) groups is 2. The van der Waals surface area contributed by atoms with E-state index in [1.165, 1.54) is 6.92 Å². The van der Waals surface area contributed by atoms with Gasteiger partial charge in [-0.05, 0) is 13.0 Å². The van der Waals surface area contributed by atoms with Crippen LogP contribution in [0.3, 0.4) is 0 Å². The standard InChI is InChI=1S/C11H12N2O2/c1-3-5-12-11(15)8-13-6-4-10(7-13)9(2)14/h1,4,6-7H,5,8H2,2H3,(H,12,15). The number of carbonyl (C=O) groups excluding carboxylic acids is 2. The minimum absolute atomic E-state index is 0.0159. The molecule has 1 rings (SSSR count). The molecule has 0 saturated heterocycles. The monoisotopic (exact) mass is 204 g/mol. The van der Waals surface area contributed by atoms with E-state index in [1.54, 1.807) is 23.0 Å². The van der Waals surface area contributed by atoms with Crippen molar-refractivity contribution in [3.8, 4) is 12.3 Å². The van der Waals surface area contributed by atoms with E-state index < -0.39 is 0 Å². The molecule has 15 heavy (non-hydrogen) atoms. The fourth-order valence-electron chi connectivity index (χ4n) is 1.12. The average Bonchev–Trinajstić information content (AvgIpc) is 2.63. The second kappa shape index (κ2) is 5.01. The summed E-state index contributed by atoms with van der Waals surface area (Å²) in [5.74, 6) is 2.13. The number of hydrogen-bond acceptors (Lipinski definition) is 2. The first kappa shape index (κ1) is 11.1. The lowest BCUT2D eigenvalue weighted by Crippen LogP contribution is -2.27. The summed E-state index contributed by atoms with van der Waals surface area (Å²) in [5.41, 5.74) is 0.597. The van der Waals surface area contributed by atoms with Crippen LogP contribution < -0.4 is 5.32 Å². The van der Waals surface area contributed by atoms with Gasteiger partial charge < -0.3 is 9.88 Å². The summed E-state index contributed by atoms with van der Waals surface area (Å²) in [6.45, 7) is 1.88. The number of Topliss-reactive ketones (excluding diaryl/α,β-unsaturated/α-hetero) is 1. The Balaban J connectivity index is 2.54. The van der Waals surface area contributed by atoms with E-state index in [2.05, 4.69) is 11.2 Å². The molecular weight excluding hydrogens is 192 g/mol. The third-order valence-electron chi connectivity index (χ3n) is 1.87. The normalized spacial score (nSPS) is 9.33. The molecule has 0 aliphatic carbocycles. The Kier molecular flexibility index (Phi) is 3.69. The molecule has 4 heteroatoms. The van der Waals surface area contributed by atoms with Gasteiger partial charge in [0.2, 0.25) is 5.91 Å². The SMILES string of the molecule is C#CCNC(=O)Cn1ccc(C(C)=O)c1. The number of aromatic nitrogens is 1. The van der Waals surface area contributed by atoms with Gasteiger partial charge in [0.25, 0.3) is 0 Å². The van der Waals surface area contributed by atoms with Gasteiger partial charge >= 0.3 is 0 Å². The summed E-state index contributed by atoms with van der Waals surface area (Å²) in [6.07, 6.45) is 8.32. The lowest BCUT2D eigenvalue weighted by atomic mass is 10.2. The topological polar surface area (TPSA) is 51.1 Å². The van der Waals surface area contributed by atoms with E-state index in [9.17, 15) is 9.59 Å². The third-order valence-corrected chi connectivity index (χ3v) is 1.87. The van der Waals surface area contributed by atoms with Crippen molar-refractivity contribution in [2.75, 3.05) is 6.54 Å². The predicted molar refractivity (Wildman–Crippen MR) is 56.3 cm³/mol. The van der Waals surface area contributed by atoms with Gasteiger partial charge in [-0.1, -0.05) is 5.92 Å². The molecule has 0 spiro atoms. The van der Waals surface area contributed by atoms with Gasteiger partial charge in [0.15, 0.2) is 5.78 Å². The van der Waals surface area contributed by atoms with Crippen LogP contribution in [-0.4, -0.2) is 22.8 Å². The number of nitrogens with one attached hydrogen (secondary N) is 1. The molecule has 0 aliphatic rings. The van der Waals surface area contributed by atoms with Crippen LogP contribution >= 0.6 is 0 Å². The molecule has 0 atom stereocenters. The maximum absolute atomic E-state index is 11.2. The van der Waals surface area contributed by atoms with Crippen molar-refractivity contribution in [1.82, 2.24) is 9.88 Å². The highest BCUT2D eigenvalue weighted by atomic mass is 16.2. The average molecular weight is 204 g/mol. The third kappa shape index (κ3) is 3.31. The van der Waals surface area contributed by atoms with E-state index in [1.807, 2.05) is 0 Å². The highest BCUT2D eigenvalue weighted by Crippen LogP contribution is 2.01. The lowest BCUT2D eigenvalue weighted by molar-refractivity contribution is -0.121. The Morgan fingerprint density at radius 1 is 1.60 bits per heavy atom. The molecule has 1 aromatic rings. The van der Waals surface area contributed by atoms with E-state index in [0.717, 1.165) is 0 Å². The zero-order valence-corrected chi connectivity index (χ0v) is 8.49. The van der Waals surface area contributed by atoms with Crippen LogP contribution in [0, 0.1) is 12.3 Å². The Morgan fingerprint density at radius 3 is 2.87 bits per heavy atom. The van der Waals surface area contributed by atoms with Crippen LogP contribution in [0.4, 0.5) is 0 Å². The van der Waals surface area contributed by atoms with Crippen LogP contribution in [-0.2, 0) is 11.3 Å². The molecule has 4 nitrogen and oxygen atoms in total. The summed E-state index contributed by atoms with van der Waals surface area (Å²) in [6, 6.07) is 1.68. The number of hydrogen-bond donors (Lipinski definition) is 1. The van der Waals surface area contributed by atoms with Gasteiger partial charge in [0, 0.05) is 18.0 Å². The van der Waals surface area contributed by atoms with Crippen molar-refractivity contribution < 1.29 is 9.59 Å². The molecule has 1 heterocycles. The highest BCUT2D eigenvalue weighted by Gasteiger charge is 2.04.